The lowest BCUT2D eigenvalue weighted by Gasteiger charge is -2.36. The van der Waals surface area contributed by atoms with Crippen molar-refractivity contribution < 1.29 is 27.4 Å². The van der Waals surface area contributed by atoms with Crippen molar-refractivity contribution in [2.75, 3.05) is 26.0 Å². The SMILES string of the molecule is CNC(=S)Nc1ccc(OC)c(C2=C(CN3C(=O)O[C@H](c4cc(C)cc(C(F)(F)F)c4)[C@@H]3C)CC(C)(C)CC2)c1. The van der Waals surface area contributed by atoms with Gasteiger partial charge < -0.3 is 20.1 Å². The minimum absolute atomic E-state index is 0.0139. The number of nitrogens with one attached hydrogen (secondary N) is 2. The van der Waals surface area contributed by atoms with Crippen LogP contribution in [0.2, 0.25) is 0 Å². The number of benzene rings is 2. The van der Waals surface area contributed by atoms with Gasteiger partial charge in [0.2, 0.25) is 0 Å². The molecule has 2 N–H and O–H groups in total. The van der Waals surface area contributed by atoms with Gasteiger partial charge in [0, 0.05) is 24.8 Å². The van der Waals surface area contributed by atoms with Crippen molar-refractivity contribution in [3.05, 3.63) is 64.2 Å². The van der Waals surface area contributed by atoms with E-state index < -0.39 is 30.0 Å². The van der Waals surface area contributed by atoms with Gasteiger partial charge in [-0.25, -0.2) is 4.79 Å². The lowest BCUT2D eigenvalue weighted by Crippen LogP contribution is -2.35. The van der Waals surface area contributed by atoms with E-state index in [1.807, 2.05) is 25.1 Å². The zero-order valence-corrected chi connectivity index (χ0v) is 24.5. The fourth-order valence-electron chi connectivity index (χ4n) is 5.61. The molecule has 0 aromatic heterocycles. The van der Waals surface area contributed by atoms with Crippen molar-refractivity contribution >= 4 is 34.7 Å². The number of alkyl halides is 3. The Morgan fingerprint density at radius 2 is 1.95 bits per heavy atom. The van der Waals surface area contributed by atoms with Gasteiger partial charge in [-0.2, -0.15) is 13.2 Å². The number of amides is 1. The highest BCUT2D eigenvalue weighted by Crippen LogP contribution is 2.46. The number of ether oxygens (including phenoxy) is 2. The summed E-state index contributed by atoms with van der Waals surface area (Å²) >= 11 is 5.27. The van der Waals surface area contributed by atoms with E-state index in [-0.39, 0.29) is 5.41 Å². The lowest BCUT2D eigenvalue weighted by atomic mass is 9.72. The van der Waals surface area contributed by atoms with E-state index in [9.17, 15) is 18.0 Å². The van der Waals surface area contributed by atoms with Crippen molar-refractivity contribution in [2.45, 2.75) is 65.3 Å². The number of hydrogen-bond donors (Lipinski definition) is 2. The summed E-state index contributed by atoms with van der Waals surface area (Å²) in [4.78, 5) is 14.8. The number of methoxy groups -OCH3 is 1. The molecule has 1 aliphatic heterocycles. The molecule has 0 saturated carbocycles. The molecule has 40 heavy (non-hydrogen) atoms. The first-order chi connectivity index (χ1) is 18.7. The second-order valence-electron chi connectivity index (χ2n) is 11.3. The summed E-state index contributed by atoms with van der Waals surface area (Å²) < 4.78 is 51.9. The van der Waals surface area contributed by atoms with Crippen molar-refractivity contribution in [3.63, 3.8) is 0 Å². The quantitative estimate of drug-likeness (QED) is 0.348. The first-order valence-electron chi connectivity index (χ1n) is 13.3. The molecule has 1 saturated heterocycles. The average molecular weight is 576 g/mol. The topological polar surface area (TPSA) is 62.8 Å². The van der Waals surface area contributed by atoms with Gasteiger partial charge in [0.15, 0.2) is 5.11 Å². The van der Waals surface area contributed by atoms with Gasteiger partial charge in [-0.3, -0.25) is 4.90 Å². The number of anilines is 1. The molecular weight excluding hydrogens is 539 g/mol. The average Bonchev–Trinajstić information content (AvgIpc) is 3.16. The number of hydrogen-bond acceptors (Lipinski definition) is 4. The number of carbonyl (C=O) groups is 1. The van der Waals surface area contributed by atoms with Crippen LogP contribution in [-0.2, 0) is 10.9 Å². The molecule has 2 aliphatic rings. The highest BCUT2D eigenvalue weighted by atomic mass is 32.1. The highest BCUT2D eigenvalue weighted by Gasteiger charge is 2.42. The number of halogens is 3. The monoisotopic (exact) mass is 575 g/mol. The third-order valence-corrected chi connectivity index (χ3v) is 8.00. The highest BCUT2D eigenvalue weighted by molar-refractivity contribution is 7.80. The summed E-state index contributed by atoms with van der Waals surface area (Å²) in [6.07, 6.45) is -3.34. The summed E-state index contributed by atoms with van der Waals surface area (Å²) in [6.45, 7) is 8.14. The summed E-state index contributed by atoms with van der Waals surface area (Å²) in [6, 6.07) is 9.15. The van der Waals surface area contributed by atoms with E-state index in [0.29, 0.717) is 28.5 Å². The molecule has 0 unspecified atom stereocenters. The molecule has 2 atom stereocenters. The van der Waals surface area contributed by atoms with Gasteiger partial charge in [0.05, 0.1) is 18.7 Å². The van der Waals surface area contributed by atoms with E-state index in [1.165, 1.54) is 0 Å². The van der Waals surface area contributed by atoms with Crippen LogP contribution in [0, 0.1) is 12.3 Å². The van der Waals surface area contributed by atoms with Crippen LogP contribution in [0.3, 0.4) is 0 Å². The molecule has 1 fully saturated rings. The minimum Gasteiger partial charge on any atom is -0.496 e. The normalized spacial score (nSPS) is 20.8. The smallest absolute Gasteiger partial charge is 0.416 e. The molecule has 10 heteroatoms. The maximum Gasteiger partial charge on any atom is 0.416 e. The second kappa shape index (κ2) is 11.3. The first kappa shape index (κ1) is 29.7. The van der Waals surface area contributed by atoms with Gasteiger partial charge in [-0.15, -0.1) is 0 Å². The Hall–Kier alpha value is -3.27. The van der Waals surface area contributed by atoms with Crippen LogP contribution in [0.4, 0.5) is 23.7 Å². The Bertz CT molecular complexity index is 1340. The zero-order chi connectivity index (χ0) is 29.4. The Kier molecular flexibility index (Phi) is 8.40. The zero-order valence-electron chi connectivity index (χ0n) is 23.7. The Labute approximate surface area is 238 Å². The number of carbonyl (C=O) groups excluding carboxylic acids is 1. The number of cyclic esters (lactones) is 1. The largest absolute Gasteiger partial charge is 0.496 e. The third kappa shape index (κ3) is 6.37. The van der Waals surface area contributed by atoms with Gasteiger partial charge in [0.25, 0.3) is 0 Å². The molecule has 0 spiro atoms. The number of aryl methyl sites for hydroxylation is 1. The van der Waals surface area contributed by atoms with Crippen LogP contribution >= 0.6 is 12.2 Å². The van der Waals surface area contributed by atoms with Crippen molar-refractivity contribution in [2.24, 2.45) is 5.41 Å². The van der Waals surface area contributed by atoms with E-state index in [0.717, 1.165) is 53.8 Å². The van der Waals surface area contributed by atoms with Crippen molar-refractivity contribution in [1.82, 2.24) is 10.2 Å². The summed E-state index contributed by atoms with van der Waals surface area (Å²) in [5.41, 5.74) is 3.96. The van der Waals surface area contributed by atoms with Crippen molar-refractivity contribution in [3.8, 4) is 5.75 Å². The molecule has 6 nitrogen and oxygen atoms in total. The van der Waals surface area contributed by atoms with E-state index >= 15 is 0 Å². The molecule has 4 rings (SSSR count). The fraction of sp³-hybridized carbons (Fsp3) is 0.467. The lowest BCUT2D eigenvalue weighted by molar-refractivity contribution is -0.137. The van der Waals surface area contributed by atoms with Gasteiger partial charge in [-0.1, -0.05) is 25.5 Å². The number of allylic oxidation sites excluding steroid dienone is 1. The fourth-order valence-corrected chi connectivity index (χ4v) is 5.73. The predicted molar refractivity (Wildman–Crippen MR) is 154 cm³/mol. The van der Waals surface area contributed by atoms with Crippen LogP contribution in [0.5, 0.6) is 5.75 Å². The molecule has 1 amide bonds. The van der Waals surface area contributed by atoms with Crippen LogP contribution in [-0.4, -0.2) is 42.8 Å². The Morgan fingerprint density at radius 1 is 1.23 bits per heavy atom. The Balaban J connectivity index is 1.71. The molecule has 1 aliphatic carbocycles. The van der Waals surface area contributed by atoms with Crippen molar-refractivity contribution in [1.29, 1.82) is 0 Å². The van der Waals surface area contributed by atoms with Gasteiger partial charge in [-0.05, 0) is 97.8 Å². The number of thiocarbonyl (C=S) groups is 1. The van der Waals surface area contributed by atoms with Gasteiger partial charge in [0.1, 0.15) is 11.9 Å². The number of rotatable bonds is 6. The summed E-state index contributed by atoms with van der Waals surface area (Å²) in [5.74, 6) is 0.711. The van der Waals surface area contributed by atoms with Crippen LogP contribution in [0.1, 0.15) is 68.4 Å². The Morgan fingerprint density at radius 3 is 2.60 bits per heavy atom. The third-order valence-electron chi connectivity index (χ3n) is 7.69. The second-order valence-corrected chi connectivity index (χ2v) is 11.8. The van der Waals surface area contributed by atoms with Gasteiger partial charge >= 0.3 is 12.3 Å². The molecule has 0 bridgehead atoms. The maximum atomic E-state index is 13.5. The van der Waals surface area contributed by atoms with E-state index in [4.69, 9.17) is 21.7 Å². The molecule has 0 radical (unpaired) electrons. The standard InChI is InChI=1S/C30H36F3N3O3S/c1-17-11-19(13-21(12-17)30(31,32)33)26-18(2)36(28(37)39-26)16-20-15-29(3,4)10-9-23(20)24-14-22(35-27(40)34-5)7-8-25(24)38-6/h7-8,11-14,18,26H,9-10,15-16H2,1-6H3,(H2,34,35,40)/t18-,26-/m0/s1. The molecule has 1 heterocycles. The summed E-state index contributed by atoms with van der Waals surface area (Å²) in [7, 11) is 3.37. The number of nitrogens with zero attached hydrogens (tertiary/aromatic N) is 1. The van der Waals surface area contributed by atoms with Crippen LogP contribution in [0.15, 0.2) is 42.0 Å². The van der Waals surface area contributed by atoms with E-state index in [1.54, 1.807) is 32.0 Å². The molecule has 216 valence electrons. The van der Waals surface area contributed by atoms with E-state index in [2.05, 4.69) is 24.5 Å². The minimum atomic E-state index is -4.49. The molecular formula is C30H36F3N3O3S. The molecule has 2 aromatic rings. The maximum absolute atomic E-state index is 13.5. The summed E-state index contributed by atoms with van der Waals surface area (Å²) in [5, 5.41) is 6.56. The first-order valence-corrected chi connectivity index (χ1v) is 13.7. The predicted octanol–water partition coefficient (Wildman–Crippen LogP) is 7.48. The molecule has 2 aromatic carbocycles. The van der Waals surface area contributed by atoms with Crippen LogP contribution < -0.4 is 15.4 Å². The van der Waals surface area contributed by atoms with Crippen LogP contribution in [0.25, 0.3) is 5.57 Å².